The molecule has 0 aromatic heterocycles. The maximum absolute atomic E-state index is 13.3. The number of nitrogens with zero attached hydrogens (tertiary/aromatic N) is 1. The number of rotatable bonds is 7. The first-order valence-electron chi connectivity index (χ1n) is 11.2. The smallest absolute Gasteiger partial charge is 0.321 e. The molecule has 0 aliphatic carbocycles. The predicted molar refractivity (Wildman–Crippen MR) is 130 cm³/mol. The first-order valence-corrected chi connectivity index (χ1v) is 12.2. The summed E-state index contributed by atoms with van der Waals surface area (Å²) in [4.78, 5) is 40.8. The molecule has 34 heavy (non-hydrogen) atoms. The van der Waals surface area contributed by atoms with Gasteiger partial charge in [0.2, 0.25) is 11.8 Å². The van der Waals surface area contributed by atoms with Gasteiger partial charge in [-0.2, -0.15) is 0 Å². The van der Waals surface area contributed by atoms with Crippen molar-refractivity contribution in [3.8, 4) is 11.1 Å². The van der Waals surface area contributed by atoms with Crippen LogP contribution in [0.2, 0.25) is 0 Å². The maximum Gasteiger partial charge on any atom is 0.321 e. The van der Waals surface area contributed by atoms with Crippen LogP contribution in [-0.4, -0.2) is 46.1 Å². The number of benzene rings is 3. The van der Waals surface area contributed by atoms with E-state index in [4.69, 9.17) is 0 Å². The van der Waals surface area contributed by atoms with Gasteiger partial charge in [-0.05, 0) is 28.8 Å². The predicted octanol–water partition coefficient (Wildman–Crippen LogP) is 3.84. The average Bonchev–Trinajstić information content (AvgIpc) is 3.38. The molecule has 2 aliphatic heterocycles. The van der Waals surface area contributed by atoms with Gasteiger partial charge in [0.1, 0.15) is 6.04 Å². The third-order valence-electron chi connectivity index (χ3n) is 6.54. The van der Waals surface area contributed by atoms with Crippen molar-refractivity contribution < 1.29 is 19.5 Å². The fourth-order valence-electron chi connectivity index (χ4n) is 4.91. The number of thioether (sulfide) groups is 1. The lowest BCUT2D eigenvalue weighted by Gasteiger charge is -2.21. The zero-order valence-corrected chi connectivity index (χ0v) is 19.2. The normalized spacial score (nSPS) is 23.8. The Bertz CT molecular complexity index is 1200. The van der Waals surface area contributed by atoms with Crippen molar-refractivity contribution in [3.63, 3.8) is 0 Å². The molecule has 3 aromatic carbocycles. The Hall–Kier alpha value is -3.42. The van der Waals surface area contributed by atoms with Gasteiger partial charge in [0.25, 0.3) is 0 Å². The van der Waals surface area contributed by atoms with Crippen LogP contribution in [0.5, 0.6) is 0 Å². The third kappa shape index (κ3) is 4.13. The first-order chi connectivity index (χ1) is 16.5. The van der Waals surface area contributed by atoms with Crippen LogP contribution >= 0.6 is 11.8 Å². The molecule has 2 heterocycles. The molecular formula is C27H24N2O4S. The Kier molecular flexibility index (Phi) is 6.22. The van der Waals surface area contributed by atoms with E-state index in [1.807, 2.05) is 84.9 Å². The molecule has 0 bridgehead atoms. The number of carboxylic acids is 1. The number of hydrogen-bond donors (Lipinski definition) is 2. The Balaban J connectivity index is 1.36. The Labute approximate surface area is 202 Å². The van der Waals surface area contributed by atoms with Crippen molar-refractivity contribution in [2.45, 2.75) is 17.0 Å². The van der Waals surface area contributed by atoms with Crippen molar-refractivity contribution >= 4 is 29.5 Å². The molecule has 6 nitrogen and oxygen atoms in total. The van der Waals surface area contributed by atoms with E-state index in [2.05, 4.69) is 5.32 Å². The number of imide groups is 1. The van der Waals surface area contributed by atoms with Gasteiger partial charge in [-0.25, -0.2) is 0 Å². The molecule has 4 atom stereocenters. The fraction of sp³-hybridized carbons (Fsp3) is 0.222. The number of aliphatic carboxylic acids is 1. The topological polar surface area (TPSA) is 86.7 Å². The summed E-state index contributed by atoms with van der Waals surface area (Å²) >= 11 is 1.57. The molecule has 0 spiro atoms. The van der Waals surface area contributed by atoms with Crippen LogP contribution in [-0.2, 0) is 14.4 Å². The van der Waals surface area contributed by atoms with Crippen molar-refractivity contribution in [2.24, 2.45) is 11.8 Å². The second kappa shape index (κ2) is 9.44. The SMILES string of the molecule is O=C(O)C1NC(c2ccc(-c3ccccc3)cc2)C2C(=O)N(CCSc3ccccc3)C(=O)C12. The highest BCUT2D eigenvalue weighted by atomic mass is 32.2. The van der Waals surface area contributed by atoms with Gasteiger partial charge in [0.05, 0.1) is 11.8 Å². The molecular weight excluding hydrogens is 448 g/mol. The lowest BCUT2D eigenvalue weighted by atomic mass is 9.86. The molecule has 0 radical (unpaired) electrons. The number of carboxylic acid groups (broad SMARTS) is 1. The minimum absolute atomic E-state index is 0.260. The number of carbonyl (C=O) groups is 3. The molecule has 172 valence electrons. The first kappa shape index (κ1) is 22.4. The third-order valence-corrected chi connectivity index (χ3v) is 7.53. The van der Waals surface area contributed by atoms with Crippen LogP contribution < -0.4 is 5.32 Å². The monoisotopic (exact) mass is 472 g/mol. The summed E-state index contributed by atoms with van der Waals surface area (Å²) in [6.07, 6.45) is 0. The number of likely N-dealkylation sites (tertiary alicyclic amines) is 1. The Morgan fingerprint density at radius 1 is 0.824 bits per heavy atom. The lowest BCUT2D eigenvalue weighted by Crippen LogP contribution is -2.43. The quantitative estimate of drug-likeness (QED) is 0.401. The summed E-state index contributed by atoms with van der Waals surface area (Å²) in [6.45, 7) is 0.260. The van der Waals surface area contributed by atoms with Crippen LogP contribution in [0.3, 0.4) is 0 Å². The number of hydrogen-bond acceptors (Lipinski definition) is 5. The van der Waals surface area contributed by atoms with Crippen molar-refractivity contribution in [1.82, 2.24) is 10.2 Å². The van der Waals surface area contributed by atoms with Gasteiger partial charge in [-0.3, -0.25) is 24.6 Å². The minimum Gasteiger partial charge on any atom is -0.480 e. The fourth-order valence-corrected chi connectivity index (χ4v) is 5.77. The highest BCUT2D eigenvalue weighted by molar-refractivity contribution is 7.99. The van der Waals surface area contributed by atoms with Gasteiger partial charge in [0.15, 0.2) is 0 Å². The van der Waals surface area contributed by atoms with Crippen LogP contribution in [0.1, 0.15) is 11.6 Å². The average molecular weight is 473 g/mol. The van der Waals surface area contributed by atoms with E-state index in [9.17, 15) is 19.5 Å². The van der Waals surface area contributed by atoms with Crippen LogP contribution in [0.15, 0.2) is 89.8 Å². The van der Waals surface area contributed by atoms with Gasteiger partial charge in [-0.1, -0.05) is 72.8 Å². The molecule has 4 unspecified atom stereocenters. The van der Waals surface area contributed by atoms with Crippen molar-refractivity contribution in [3.05, 3.63) is 90.5 Å². The lowest BCUT2D eigenvalue weighted by molar-refractivity contribution is -0.145. The maximum atomic E-state index is 13.3. The molecule has 3 aromatic rings. The van der Waals surface area contributed by atoms with Crippen molar-refractivity contribution in [1.29, 1.82) is 0 Å². The minimum atomic E-state index is -1.11. The van der Waals surface area contributed by atoms with E-state index >= 15 is 0 Å². The van der Waals surface area contributed by atoms with E-state index in [1.54, 1.807) is 11.8 Å². The molecule has 7 heteroatoms. The zero-order valence-electron chi connectivity index (χ0n) is 18.3. The Morgan fingerprint density at radius 3 is 2.06 bits per heavy atom. The molecule has 2 amide bonds. The number of amides is 2. The standard InChI is InChI=1S/C27H24N2O4S/c30-25-21-22(26(31)29(25)15-16-34-20-9-5-2-6-10-20)24(27(32)33)28-23(21)19-13-11-18(12-14-19)17-7-3-1-4-8-17/h1-14,21-24,28H,15-16H2,(H,32,33). The molecule has 2 saturated heterocycles. The molecule has 0 saturated carbocycles. The molecule has 2 N–H and O–H groups in total. The Morgan fingerprint density at radius 2 is 1.41 bits per heavy atom. The molecule has 2 fully saturated rings. The second-order valence-corrected chi connectivity index (χ2v) is 9.66. The van der Waals surface area contributed by atoms with E-state index in [0.717, 1.165) is 21.6 Å². The zero-order chi connectivity index (χ0) is 23.7. The van der Waals surface area contributed by atoms with Crippen LogP contribution in [0, 0.1) is 11.8 Å². The van der Waals surface area contributed by atoms with Gasteiger partial charge < -0.3 is 5.11 Å². The van der Waals surface area contributed by atoms with Crippen LogP contribution in [0.25, 0.3) is 11.1 Å². The number of carbonyl (C=O) groups excluding carboxylic acids is 2. The van der Waals surface area contributed by atoms with E-state index < -0.39 is 35.8 Å². The summed E-state index contributed by atoms with van der Waals surface area (Å²) < 4.78 is 0. The van der Waals surface area contributed by atoms with E-state index in [0.29, 0.717) is 5.75 Å². The highest BCUT2D eigenvalue weighted by Crippen LogP contribution is 2.44. The summed E-state index contributed by atoms with van der Waals surface area (Å²) in [7, 11) is 0. The van der Waals surface area contributed by atoms with Crippen LogP contribution in [0.4, 0.5) is 0 Å². The number of fused-ring (bicyclic) bond motifs is 1. The van der Waals surface area contributed by atoms with Crippen molar-refractivity contribution in [2.75, 3.05) is 12.3 Å². The summed E-state index contributed by atoms with van der Waals surface area (Å²) in [5.41, 5.74) is 2.91. The molecule has 5 rings (SSSR count). The highest BCUT2D eigenvalue weighted by Gasteiger charge is 2.60. The summed E-state index contributed by atoms with van der Waals surface area (Å²) in [5, 5.41) is 12.8. The largest absolute Gasteiger partial charge is 0.480 e. The second-order valence-electron chi connectivity index (χ2n) is 8.49. The van der Waals surface area contributed by atoms with Gasteiger partial charge in [0, 0.05) is 23.2 Å². The van der Waals surface area contributed by atoms with E-state index in [1.165, 1.54) is 4.90 Å². The number of nitrogens with one attached hydrogen (secondary N) is 1. The summed E-state index contributed by atoms with van der Waals surface area (Å²) in [6, 6.07) is 25.8. The van der Waals surface area contributed by atoms with E-state index in [-0.39, 0.29) is 12.5 Å². The van der Waals surface area contributed by atoms with Gasteiger partial charge >= 0.3 is 5.97 Å². The summed E-state index contributed by atoms with van der Waals surface area (Å²) in [5.74, 6) is -2.87. The van der Waals surface area contributed by atoms with Gasteiger partial charge in [-0.15, -0.1) is 11.8 Å². The molecule has 2 aliphatic rings.